The van der Waals surface area contributed by atoms with Crippen LogP contribution in [0.2, 0.25) is 0 Å². The van der Waals surface area contributed by atoms with Crippen molar-refractivity contribution in [3.05, 3.63) is 114 Å². The summed E-state index contributed by atoms with van der Waals surface area (Å²) in [5.74, 6) is -1.22. The molecular weight excluding hydrogens is 486 g/mol. The first-order valence-electron chi connectivity index (χ1n) is 13.1. The molecule has 0 aromatic heterocycles. The maximum absolute atomic E-state index is 13.8. The lowest BCUT2D eigenvalue weighted by atomic mass is 9.93. The molecule has 1 unspecified atom stereocenters. The lowest BCUT2D eigenvalue weighted by molar-refractivity contribution is -0.138. The molecule has 39 heavy (non-hydrogen) atoms. The number of aliphatic carboxylic acids is 1. The van der Waals surface area contributed by atoms with Gasteiger partial charge < -0.3 is 9.84 Å². The van der Waals surface area contributed by atoms with E-state index < -0.39 is 18.1 Å². The van der Waals surface area contributed by atoms with Gasteiger partial charge >= 0.3 is 12.1 Å². The summed E-state index contributed by atoms with van der Waals surface area (Å²) >= 11 is 0. The topological polar surface area (TPSA) is 66.8 Å². The van der Waals surface area contributed by atoms with E-state index in [0.717, 1.165) is 54.6 Å². The molecule has 6 aromatic carbocycles. The predicted octanol–water partition coefficient (Wildman–Crippen LogP) is 7.81. The Bertz CT molecular complexity index is 1850. The van der Waals surface area contributed by atoms with E-state index >= 15 is 0 Å². The molecule has 0 fully saturated rings. The van der Waals surface area contributed by atoms with Crippen LogP contribution >= 0.6 is 0 Å². The number of carbonyl (C=O) groups excluding carboxylic acids is 1. The van der Waals surface area contributed by atoms with E-state index in [1.54, 1.807) is 0 Å². The monoisotopic (exact) mass is 511 g/mol. The number of ether oxygens (including phenoxy) is 1. The molecule has 0 heterocycles. The van der Waals surface area contributed by atoms with Crippen LogP contribution in [0.25, 0.3) is 43.4 Å². The number of rotatable bonds is 5. The minimum Gasteiger partial charge on any atom is -0.480 e. The fourth-order valence-corrected chi connectivity index (χ4v) is 6.17. The Morgan fingerprint density at radius 1 is 0.744 bits per heavy atom. The first-order chi connectivity index (χ1) is 19.0. The lowest BCUT2D eigenvalue weighted by Gasteiger charge is -2.28. The Labute approximate surface area is 225 Å². The van der Waals surface area contributed by atoms with Gasteiger partial charge in [-0.05, 0) is 62.2 Å². The zero-order valence-corrected chi connectivity index (χ0v) is 21.3. The number of nitrogens with zero attached hydrogens (tertiary/aromatic N) is 1. The highest BCUT2D eigenvalue weighted by molar-refractivity contribution is 6.26. The van der Waals surface area contributed by atoms with Crippen molar-refractivity contribution < 1.29 is 19.4 Å². The zero-order chi connectivity index (χ0) is 26.7. The van der Waals surface area contributed by atoms with Crippen molar-refractivity contribution >= 4 is 50.1 Å². The van der Waals surface area contributed by atoms with Gasteiger partial charge in [0.1, 0.15) is 12.6 Å². The summed E-state index contributed by atoms with van der Waals surface area (Å²) in [7, 11) is 0. The molecule has 0 saturated heterocycles. The van der Waals surface area contributed by atoms with Gasteiger partial charge in [-0.25, -0.2) is 9.59 Å². The van der Waals surface area contributed by atoms with Gasteiger partial charge in [-0.3, -0.25) is 4.90 Å². The standard InChI is InChI=1S/C34H25NO4/c1-20(33(36)37)35(30-18-16-23-14-13-21-7-6-8-22-15-17-28(30)32(23)31(21)22)34(38)39-19-29-26-11-4-2-9-24(26)25-10-3-5-12-27(25)29/h2-18,20,29H,19H2,1H3,(H,36,37). The van der Waals surface area contributed by atoms with Crippen molar-refractivity contribution in [1.82, 2.24) is 0 Å². The number of fused-ring (bicyclic) bond motifs is 3. The average Bonchev–Trinajstić information content (AvgIpc) is 3.29. The van der Waals surface area contributed by atoms with Crippen LogP contribution < -0.4 is 4.90 Å². The SMILES string of the molecule is CC(C(=O)O)N(C(=O)OCC1c2ccccc2-c2ccccc21)c1ccc2ccc3cccc4ccc1c2c34. The number of carbonyl (C=O) groups is 2. The average molecular weight is 512 g/mol. The van der Waals surface area contributed by atoms with Crippen LogP contribution in [0.5, 0.6) is 0 Å². The molecule has 1 aliphatic rings. The van der Waals surface area contributed by atoms with Crippen LogP contribution in [-0.2, 0) is 9.53 Å². The molecule has 5 heteroatoms. The summed E-state index contributed by atoms with van der Waals surface area (Å²) in [4.78, 5) is 27.3. The zero-order valence-electron chi connectivity index (χ0n) is 21.3. The highest BCUT2D eigenvalue weighted by Gasteiger charge is 2.33. The van der Waals surface area contributed by atoms with Gasteiger partial charge in [0.2, 0.25) is 0 Å². The summed E-state index contributed by atoms with van der Waals surface area (Å²) in [5.41, 5.74) is 5.00. The fraction of sp³-hybridized carbons (Fsp3) is 0.118. The minimum absolute atomic E-state index is 0.113. The summed E-state index contributed by atoms with van der Waals surface area (Å²) in [6.45, 7) is 1.63. The first kappa shape index (κ1) is 23.2. The van der Waals surface area contributed by atoms with Crippen LogP contribution in [0.3, 0.4) is 0 Å². The predicted molar refractivity (Wildman–Crippen MR) is 155 cm³/mol. The van der Waals surface area contributed by atoms with Crippen LogP contribution in [0, 0.1) is 0 Å². The molecule has 0 bridgehead atoms. The number of carboxylic acids is 1. The van der Waals surface area contributed by atoms with Crippen molar-refractivity contribution in [3.8, 4) is 11.1 Å². The normalized spacial score (nSPS) is 13.5. The molecule has 0 radical (unpaired) electrons. The van der Waals surface area contributed by atoms with Crippen molar-refractivity contribution in [2.75, 3.05) is 11.5 Å². The first-order valence-corrected chi connectivity index (χ1v) is 13.1. The number of hydrogen-bond acceptors (Lipinski definition) is 3. The largest absolute Gasteiger partial charge is 0.480 e. The number of anilines is 1. The smallest absolute Gasteiger partial charge is 0.415 e. The van der Waals surface area contributed by atoms with Gasteiger partial charge in [0.05, 0.1) is 5.69 Å². The number of amides is 1. The van der Waals surface area contributed by atoms with Gasteiger partial charge in [0.25, 0.3) is 0 Å². The van der Waals surface area contributed by atoms with E-state index in [0.29, 0.717) is 5.69 Å². The van der Waals surface area contributed by atoms with Gasteiger partial charge in [0, 0.05) is 11.3 Å². The maximum atomic E-state index is 13.8. The van der Waals surface area contributed by atoms with E-state index in [1.807, 2.05) is 54.6 Å². The summed E-state index contributed by atoms with van der Waals surface area (Å²) in [6.07, 6.45) is -0.679. The third-order valence-electron chi connectivity index (χ3n) is 8.04. The minimum atomic E-state index is -1.13. The summed E-state index contributed by atoms with van der Waals surface area (Å²) < 4.78 is 5.94. The molecule has 0 spiro atoms. The van der Waals surface area contributed by atoms with Crippen molar-refractivity contribution in [2.24, 2.45) is 0 Å². The highest BCUT2D eigenvalue weighted by atomic mass is 16.6. The highest BCUT2D eigenvalue weighted by Crippen LogP contribution is 2.45. The van der Waals surface area contributed by atoms with Crippen LogP contribution in [-0.4, -0.2) is 29.8 Å². The van der Waals surface area contributed by atoms with E-state index in [9.17, 15) is 14.7 Å². The second kappa shape index (κ2) is 8.84. The van der Waals surface area contributed by atoms with E-state index in [-0.39, 0.29) is 12.5 Å². The second-order valence-electron chi connectivity index (χ2n) is 10.1. The molecule has 6 aromatic rings. The molecule has 190 valence electrons. The quantitative estimate of drug-likeness (QED) is 0.240. The third kappa shape index (κ3) is 3.54. The Kier molecular flexibility index (Phi) is 5.27. The van der Waals surface area contributed by atoms with Crippen molar-refractivity contribution in [2.45, 2.75) is 18.9 Å². The number of carboxylic acid groups (broad SMARTS) is 1. The van der Waals surface area contributed by atoms with Crippen molar-refractivity contribution in [3.63, 3.8) is 0 Å². The van der Waals surface area contributed by atoms with E-state index in [1.165, 1.54) is 11.8 Å². The molecule has 1 aliphatic carbocycles. The maximum Gasteiger partial charge on any atom is 0.415 e. The molecule has 1 N–H and O–H groups in total. The molecule has 7 rings (SSSR count). The Morgan fingerprint density at radius 3 is 1.95 bits per heavy atom. The second-order valence-corrected chi connectivity index (χ2v) is 10.1. The third-order valence-corrected chi connectivity index (χ3v) is 8.04. The summed E-state index contributed by atoms with van der Waals surface area (Å²) in [5, 5.41) is 16.2. The molecule has 0 aliphatic heterocycles. The van der Waals surface area contributed by atoms with Crippen LogP contribution in [0.4, 0.5) is 10.5 Å². The van der Waals surface area contributed by atoms with Gasteiger partial charge in [-0.2, -0.15) is 0 Å². The van der Waals surface area contributed by atoms with Crippen LogP contribution in [0.1, 0.15) is 24.0 Å². The van der Waals surface area contributed by atoms with Crippen LogP contribution in [0.15, 0.2) is 103 Å². The Hall–Kier alpha value is -4.90. The fourth-order valence-electron chi connectivity index (χ4n) is 6.17. The molecule has 5 nitrogen and oxygen atoms in total. The number of benzene rings is 6. The Balaban J connectivity index is 1.30. The Morgan fingerprint density at radius 2 is 1.31 bits per heavy atom. The molecule has 0 saturated carbocycles. The number of hydrogen-bond donors (Lipinski definition) is 1. The summed E-state index contributed by atoms with van der Waals surface area (Å²) in [6, 6.07) is 33.2. The van der Waals surface area contributed by atoms with E-state index in [2.05, 4.69) is 48.5 Å². The lowest BCUT2D eigenvalue weighted by Crippen LogP contribution is -2.44. The van der Waals surface area contributed by atoms with Crippen molar-refractivity contribution in [1.29, 1.82) is 0 Å². The van der Waals surface area contributed by atoms with Gasteiger partial charge in [-0.15, -0.1) is 0 Å². The molecule has 1 atom stereocenters. The molecular formula is C34H25NO4. The van der Waals surface area contributed by atoms with Gasteiger partial charge in [-0.1, -0.05) is 97.1 Å². The van der Waals surface area contributed by atoms with E-state index in [4.69, 9.17) is 4.74 Å². The molecule has 1 amide bonds. The van der Waals surface area contributed by atoms with Gasteiger partial charge in [0.15, 0.2) is 0 Å².